The van der Waals surface area contributed by atoms with Crippen LogP contribution in [0.25, 0.3) is 0 Å². The molecule has 2 heterocycles. The lowest BCUT2D eigenvalue weighted by atomic mass is 10.3. The maximum atomic E-state index is 4.20. The van der Waals surface area contributed by atoms with Crippen LogP contribution in [0.1, 0.15) is 12.7 Å². The van der Waals surface area contributed by atoms with E-state index in [2.05, 4.69) is 31.3 Å². The summed E-state index contributed by atoms with van der Waals surface area (Å²) < 4.78 is 4.23. The summed E-state index contributed by atoms with van der Waals surface area (Å²) in [4.78, 5) is 8.23. The van der Waals surface area contributed by atoms with Crippen LogP contribution >= 0.6 is 0 Å². The van der Waals surface area contributed by atoms with Gasteiger partial charge in [0.1, 0.15) is 5.82 Å². The summed E-state index contributed by atoms with van der Waals surface area (Å²) in [6.45, 7) is 7.06. The maximum Gasteiger partial charge on any atom is 0.105 e. The van der Waals surface area contributed by atoms with E-state index in [0.29, 0.717) is 6.04 Å². The molecule has 0 saturated heterocycles. The van der Waals surface area contributed by atoms with Crippen LogP contribution in [0.4, 0.5) is 0 Å². The molecule has 2 rings (SSSR count). The topological polar surface area (TPSA) is 47.7 Å². The lowest BCUT2D eigenvalue weighted by Gasteiger charge is -2.14. The van der Waals surface area contributed by atoms with Gasteiger partial charge >= 0.3 is 0 Å². The number of hydrogen-bond donors (Lipinski definition) is 1. The molecule has 0 spiro atoms. The van der Waals surface area contributed by atoms with Gasteiger partial charge in [0.25, 0.3) is 0 Å². The summed E-state index contributed by atoms with van der Waals surface area (Å²) in [7, 11) is 0. The number of aryl methyl sites for hydroxylation is 1. The fourth-order valence-corrected chi connectivity index (χ4v) is 1.85. The van der Waals surface area contributed by atoms with Crippen molar-refractivity contribution < 1.29 is 0 Å². The summed E-state index contributed by atoms with van der Waals surface area (Å²) >= 11 is 0. The molecule has 0 aromatic carbocycles. The van der Waals surface area contributed by atoms with Gasteiger partial charge in [-0.3, -0.25) is 0 Å². The zero-order valence-electron chi connectivity index (χ0n) is 10.4. The van der Waals surface area contributed by atoms with Crippen molar-refractivity contribution in [2.24, 2.45) is 0 Å². The molecule has 1 unspecified atom stereocenters. The van der Waals surface area contributed by atoms with E-state index in [9.17, 15) is 0 Å². The first-order valence-corrected chi connectivity index (χ1v) is 5.92. The van der Waals surface area contributed by atoms with Crippen LogP contribution < -0.4 is 5.32 Å². The van der Waals surface area contributed by atoms with E-state index in [4.69, 9.17) is 0 Å². The second-order valence-electron chi connectivity index (χ2n) is 4.28. The second-order valence-corrected chi connectivity index (χ2v) is 4.28. The Labute approximate surface area is 102 Å². The number of hydrogen-bond acceptors (Lipinski definition) is 3. The molecule has 92 valence electrons. The fourth-order valence-electron chi connectivity index (χ4n) is 1.85. The van der Waals surface area contributed by atoms with Crippen LogP contribution in [0.3, 0.4) is 0 Å². The van der Waals surface area contributed by atoms with E-state index in [-0.39, 0.29) is 0 Å². The molecular formula is C12H19N5. The van der Waals surface area contributed by atoms with Gasteiger partial charge in [0.2, 0.25) is 0 Å². The van der Waals surface area contributed by atoms with Crippen LogP contribution in [0.5, 0.6) is 0 Å². The van der Waals surface area contributed by atoms with Gasteiger partial charge in [-0.25, -0.2) is 9.97 Å². The zero-order valence-corrected chi connectivity index (χ0v) is 10.4. The molecule has 17 heavy (non-hydrogen) atoms. The van der Waals surface area contributed by atoms with E-state index in [0.717, 1.165) is 25.5 Å². The highest BCUT2D eigenvalue weighted by molar-refractivity contribution is 4.88. The fraction of sp³-hybridized carbons (Fsp3) is 0.500. The molecule has 0 saturated carbocycles. The third-order valence-corrected chi connectivity index (χ3v) is 2.81. The standard InChI is InChI=1S/C12H19N5/c1-11(9-16-6-3-13-10-16)14-4-7-17-8-5-15-12(17)2/h3,5-6,8,10-11,14H,4,7,9H2,1-2H3. The van der Waals surface area contributed by atoms with Gasteiger partial charge < -0.3 is 14.5 Å². The lowest BCUT2D eigenvalue weighted by molar-refractivity contribution is 0.459. The predicted molar refractivity (Wildman–Crippen MR) is 66.7 cm³/mol. The van der Waals surface area contributed by atoms with Gasteiger partial charge in [0.05, 0.1) is 6.33 Å². The van der Waals surface area contributed by atoms with Crippen molar-refractivity contribution in [3.05, 3.63) is 36.9 Å². The molecule has 0 bridgehead atoms. The van der Waals surface area contributed by atoms with Crippen molar-refractivity contribution in [1.82, 2.24) is 24.4 Å². The second kappa shape index (κ2) is 5.63. The van der Waals surface area contributed by atoms with Crippen LogP contribution in [0.2, 0.25) is 0 Å². The van der Waals surface area contributed by atoms with Crippen molar-refractivity contribution in [2.75, 3.05) is 6.54 Å². The Morgan fingerprint density at radius 3 is 2.88 bits per heavy atom. The molecule has 0 radical (unpaired) electrons. The van der Waals surface area contributed by atoms with E-state index in [1.165, 1.54) is 0 Å². The number of imidazole rings is 2. The van der Waals surface area contributed by atoms with Crippen LogP contribution in [0.15, 0.2) is 31.1 Å². The third-order valence-electron chi connectivity index (χ3n) is 2.81. The number of nitrogens with one attached hydrogen (secondary N) is 1. The highest BCUT2D eigenvalue weighted by atomic mass is 15.1. The molecule has 0 amide bonds. The molecule has 2 aromatic heterocycles. The van der Waals surface area contributed by atoms with Crippen molar-refractivity contribution >= 4 is 0 Å². The van der Waals surface area contributed by atoms with Crippen molar-refractivity contribution in [1.29, 1.82) is 0 Å². The van der Waals surface area contributed by atoms with Gasteiger partial charge in [-0.05, 0) is 13.8 Å². The summed E-state index contributed by atoms with van der Waals surface area (Å²) in [6, 6.07) is 0.438. The molecule has 0 fully saturated rings. The van der Waals surface area contributed by atoms with Gasteiger partial charge in [0, 0.05) is 50.5 Å². The van der Waals surface area contributed by atoms with Gasteiger partial charge in [0.15, 0.2) is 0 Å². The Hall–Kier alpha value is -1.62. The van der Waals surface area contributed by atoms with E-state index in [1.54, 1.807) is 0 Å². The van der Waals surface area contributed by atoms with Crippen LogP contribution in [-0.2, 0) is 13.1 Å². The van der Waals surface area contributed by atoms with Gasteiger partial charge in [-0.15, -0.1) is 0 Å². The summed E-state index contributed by atoms with van der Waals surface area (Å²) in [5, 5.41) is 3.49. The first-order valence-electron chi connectivity index (χ1n) is 5.92. The summed E-state index contributed by atoms with van der Waals surface area (Å²) in [6.07, 6.45) is 9.49. The molecule has 1 atom stereocenters. The average molecular weight is 233 g/mol. The molecule has 1 N–H and O–H groups in total. The van der Waals surface area contributed by atoms with E-state index >= 15 is 0 Å². The minimum absolute atomic E-state index is 0.438. The third kappa shape index (κ3) is 3.42. The molecule has 0 aliphatic carbocycles. The number of aromatic nitrogens is 4. The van der Waals surface area contributed by atoms with Gasteiger partial charge in [-0.1, -0.05) is 0 Å². The quantitative estimate of drug-likeness (QED) is 0.811. The maximum absolute atomic E-state index is 4.20. The molecule has 0 aliphatic heterocycles. The van der Waals surface area contributed by atoms with Crippen molar-refractivity contribution in [3.8, 4) is 0 Å². The van der Waals surface area contributed by atoms with Gasteiger partial charge in [-0.2, -0.15) is 0 Å². The minimum atomic E-state index is 0.438. The minimum Gasteiger partial charge on any atom is -0.336 e. The Morgan fingerprint density at radius 1 is 1.35 bits per heavy atom. The van der Waals surface area contributed by atoms with E-state index in [1.807, 2.05) is 38.0 Å². The summed E-state index contributed by atoms with van der Waals surface area (Å²) in [5.41, 5.74) is 0. The lowest BCUT2D eigenvalue weighted by Crippen LogP contribution is -2.32. The molecule has 0 aliphatic rings. The number of nitrogens with zero attached hydrogens (tertiary/aromatic N) is 4. The SMILES string of the molecule is Cc1nccn1CCNC(C)Cn1ccnc1. The first kappa shape index (κ1) is 11.9. The largest absolute Gasteiger partial charge is 0.336 e. The highest BCUT2D eigenvalue weighted by Crippen LogP contribution is 1.95. The highest BCUT2D eigenvalue weighted by Gasteiger charge is 2.02. The Bertz CT molecular complexity index is 431. The van der Waals surface area contributed by atoms with E-state index < -0.39 is 0 Å². The van der Waals surface area contributed by atoms with Crippen molar-refractivity contribution in [2.45, 2.75) is 33.0 Å². The van der Waals surface area contributed by atoms with Crippen molar-refractivity contribution in [3.63, 3.8) is 0 Å². The molecule has 5 nitrogen and oxygen atoms in total. The Morgan fingerprint density at radius 2 is 2.24 bits per heavy atom. The zero-order chi connectivity index (χ0) is 12.1. The van der Waals surface area contributed by atoms with Crippen LogP contribution in [-0.4, -0.2) is 31.7 Å². The smallest absolute Gasteiger partial charge is 0.105 e. The summed E-state index contributed by atoms with van der Waals surface area (Å²) in [5.74, 6) is 1.06. The molecule has 2 aromatic rings. The monoisotopic (exact) mass is 233 g/mol. The normalized spacial score (nSPS) is 12.8. The predicted octanol–water partition coefficient (Wildman–Crippen LogP) is 1.07. The first-order chi connectivity index (χ1) is 8.25. The van der Waals surface area contributed by atoms with Crippen LogP contribution in [0, 0.1) is 6.92 Å². The molecular weight excluding hydrogens is 214 g/mol. The Kier molecular flexibility index (Phi) is 3.93. The molecule has 5 heteroatoms. The number of rotatable bonds is 6. The average Bonchev–Trinajstić information content (AvgIpc) is 2.91. The Balaban J connectivity index is 1.70.